The number of Topliss-reactive ketones (excluding diaryl/α,β-unsaturated/α-hetero) is 2. The van der Waals surface area contributed by atoms with Gasteiger partial charge < -0.3 is 9.55 Å². The van der Waals surface area contributed by atoms with Gasteiger partial charge in [0.1, 0.15) is 5.82 Å². The molecule has 2 aromatic heterocycles. The molecule has 1 saturated carbocycles. The highest BCUT2D eigenvalue weighted by Gasteiger charge is 2.31. The van der Waals surface area contributed by atoms with Crippen molar-refractivity contribution in [2.45, 2.75) is 64.6 Å². The largest absolute Gasteiger partial charge is 0.355 e. The maximum absolute atomic E-state index is 12.6. The van der Waals surface area contributed by atoms with Crippen LogP contribution in [0.4, 0.5) is 0 Å². The van der Waals surface area contributed by atoms with Crippen LogP contribution >= 0.6 is 11.8 Å². The van der Waals surface area contributed by atoms with Gasteiger partial charge in [-0.3, -0.25) is 9.59 Å². The Morgan fingerprint density at radius 3 is 2.48 bits per heavy atom. The van der Waals surface area contributed by atoms with Gasteiger partial charge >= 0.3 is 0 Å². The van der Waals surface area contributed by atoms with Crippen molar-refractivity contribution in [2.75, 3.05) is 5.75 Å². The summed E-state index contributed by atoms with van der Waals surface area (Å²) in [7, 11) is 0. The van der Waals surface area contributed by atoms with Crippen molar-refractivity contribution in [3.63, 3.8) is 0 Å². The van der Waals surface area contributed by atoms with Gasteiger partial charge in [0.05, 0.1) is 11.4 Å². The Kier molecular flexibility index (Phi) is 4.86. The normalized spacial score (nSPS) is 14.3. The average Bonchev–Trinajstić information content (AvgIpc) is 3.20. The molecule has 0 atom stereocenters. The number of carbonyl (C=O) groups is 2. The second-order valence-electron chi connectivity index (χ2n) is 6.99. The number of hydrogen-bond donors (Lipinski definition) is 1. The maximum atomic E-state index is 12.6. The molecule has 7 heteroatoms. The van der Waals surface area contributed by atoms with Crippen molar-refractivity contribution in [1.29, 1.82) is 0 Å². The van der Waals surface area contributed by atoms with Crippen LogP contribution in [-0.2, 0) is 0 Å². The van der Waals surface area contributed by atoms with E-state index >= 15 is 0 Å². The molecule has 0 spiro atoms. The number of nitrogens with zero attached hydrogens (tertiary/aromatic N) is 3. The Hall–Kier alpha value is -1.89. The molecule has 2 heterocycles. The Bertz CT molecular complexity index is 830. The molecule has 1 aliphatic carbocycles. The average molecular weight is 360 g/mol. The van der Waals surface area contributed by atoms with Gasteiger partial charge in [-0.15, -0.1) is 10.2 Å². The summed E-state index contributed by atoms with van der Waals surface area (Å²) in [6.45, 7) is 9.39. The number of carbonyl (C=O) groups excluding carboxylic acids is 2. The van der Waals surface area contributed by atoms with Gasteiger partial charge in [-0.25, -0.2) is 0 Å². The Morgan fingerprint density at radius 1 is 1.28 bits per heavy atom. The van der Waals surface area contributed by atoms with E-state index in [9.17, 15) is 9.59 Å². The molecule has 25 heavy (non-hydrogen) atoms. The van der Waals surface area contributed by atoms with E-state index in [2.05, 4.69) is 33.6 Å². The zero-order valence-electron chi connectivity index (χ0n) is 15.3. The van der Waals surface area contributed by atoms with Crippen LogP contribution in [0.1, 0.15) is 83.5 Å². The molecular formula is C18H24N4O2S. The fraction of sp³-hybridized carbons (Fsp3) is 0.556. The van der Waals surface area contributed by atoms with Crippen LogP contribution in [0.15, 0.2) is 5.16 Å². The lowest BCUT2D eigenvalue weighted by Gasteiger charge is -2.10. The first-order valence-electron chi connectivity index (χ1n) is 8.62. The molecule has 2 aromatic rings. The number of rotatable bonds is 7. The first-order chi connectivity index (χ1) is 11.8. The standard InChI is InChI=1S/C18H24N4O2S/c1-9(2)17-20-21-18(22(17)13-6-7-13)25-8-14(24)16-10(3)15(12(5)23)11(4)19-16/h9,13,19H,6-8H2,1-5H3. The maximum Gasteiger partial charge on any atom is 0.191 e. The molecular weight excluding hydrogens is 336 g/mol. The van der Waals surface area contributed by atoms with E-state index in [1.54, 1.807) is 0 Å². The highest BCUT2D eigenvalue weighted by molar-refractivity contribution is 7.99. The lowest BCUT2D eigenvalue weighted by atomic mass is 10.1. The summed E-state index contributed by atoms with van der Waals surface area (Å²) in [5, 5.41) is 9.42. The summed E-state index contributed by atoms with van der Waals surface area (Å²) in [6.07, 6.45) is 2.30. The van der Waals surface area contributed by atoms with Gasteiger partial charge in [0.2, 0.25) is 0 Å². The Labute approximate surface area is 151 Å². The molecule has 1 aliphatic rings. The van der Waals surface area contributed by atoms with Crippen LogP contribution < -0.4 is 0 Å². The molecule has 1 N–H and O–H groups in total. The molecule has 0 bridgehead atoms. The fourth-order valence-electron chi connectivity index (χ4n) is 3.22. The molecule has 3 rings (SSSR count). The summed E-state index contributed by atoms with van der Waals surface area (Å²) in [5.74, 6) is 1.54. The van der Waals surface area contributed by atoms with Gasteiger partial charge in [-0.2, -0.15) is 0 Å². The molecule has 0 aromatic carbocycles. The zero-order valence-corrected chi connectivity index (χ0v) is 16.2. The third-order valence-electron chi connectivity index (χ3n) is 4.52. The summed E-state index contributed by atoms with van der Waals surface area (Å²) in [4.78, 5) is 27.5. The molecule has 0 aliphatic heterocycles. The molecule has 134 valence electrons. The Morgan fingerprint density at radius 2 is 1.96 bits per heavy atom. The lowest BCUT2D eigenvalue weighted by Crippen LogP contribution is -2.08. The first-order valence-corrected chi connectivity index (χ1v) is 9.60. The van der Waals surface area contributed by atoms with Crippen LogP contribution in [0.5, 0.6) is 0 Å². The predicted molar refractivity (Wildman–Crippen MR) is 97.7 cm³/mol. The number of hydrogen-bond acceptors (Lipinski definition) is 5. The van der Waals surface area contributed by atoms with Crippen molar-refractivity contribution in [2.24, 2.45) is 0 Å². The zero-order chi connectivity index (χ0) is 18.3. The minimum atomic E-state index is -0.0204. The monoisotopic (exact) mass is 360 g/mol. The third kappa shape index (κ3) is 3.42. The molecule has 1 fully saturated rings. The van der Waals surface area contributed by atoms with E-state index in [0.717, 1.165) is 35.1 Å². The SMILES string of the molecule is CC(=O)c1c(C)[nH]c(C(=O)CSc2nnc(C(C)C)n2C2CC2)c1C. The number of aromatic nitrogens is 4. The van der Waals surface area contributed by atoms with E-state index in [0.29, 0.717) is 23.2 Å². The molecule has 0 unspecified atom stereocenters. The third-order valence-corrected chi connectivity index (χ3v) is 5.46. The fourth-order valence-corrected chi connectivity index (χ4v) is 4.10. The predicted octanol–water partition coefficient (Wildman–Crippen LogP) is 3.86. The molecule has 0 amide bonds. The number of H-pyrrole nitrogens is 1. The smallest absolute Gasteiger partial charge is 0.191 e. The number of aromatic amines is 1. The number of aryl methyl sites for hydroxylation is 1. The van der Waals surface area contributed by atoms with Gasteiger partial charge in [-0.05, 0) is 39.2 Å². The highest BCUT2D eigenvalue weighted by Crippen LogP contribution is 2.40. The van der Waals surface area contributed by atoms with Gasteiger partial charge in [0.25, 0.3) is 0 Å². The molecule has 6 nitrogen and oxygen atoms in total. The van der Waals surface area contributed by atoms with Crippen LogP contribution in [0.2, 0.25) is 0 Å². The number of nitrogens with one attached hydrogen (secondary N) is 1. The van der Waals surface area contributed by atoms with Crippen molar-refractivity contribution < 1.29 is 9.59 Å². The summed E-state index contributed by atoms with van der Waals surface area (Å²) in [5.41, 5.74) is 2.64. The summed E-state index contributed by atoms with van der Waals surface area (Å²) >= 11 is 1.42. The van der Waals surface area contributed by atoms with Crippen LogP contribution in [-0.4, -0.2) is 37.1 Å². The summed E-state index contributed by atoms with van der Waals surface area (Å²) < 4.78 is 2.19. The second kappa shape index (κ2) is 6.78. The van der Waals surface area contributed by atoms with Gasteiger partial charge in [-0.1, -0.05) is 25.6 Å². The van der Waals surface area contributed by atoms with E-state index in [1.165, 1.54) is 18.7 Å². The quantitative estimate of drug-likeness (QED) is 0.599. The Balaban J connectivity index is 1.78. The minimum Gasteiger partial charge on any atom is -0.355 e. The summed E-state index contributed by atoms with van der Waals surface area (Å²) in [6, 6.07) is 0.476. The van der Waals surface area contributed by atoms with Crippen molar-refractivity contribution in [3.8, 4) is 0 Å². The number of thioether (sulfide) groups is 1. The van der Waals surface area contributed by atoms with E-state index in [4.69, 9.17) is 0 Å². The van der Waals surface area contributed by atoms with Crippen molar-refractivity contribution >= 4 is 23.3 Å². The van der Waals surface area contributed by atoms with Crippen molar-refractivity contribution in [3.05, 3.63) is 28.3 Å². The van der Waals surface area contributed by atoms with Crippen LogP contribution in [0.3, 0.4) is 0 Å². The van der Waals surface area contributed by atoms with Gasteiger partial charge in [0.15, 0.2) is 16.7 Å². The molecule has 0 saturated heterocycles. The van der Waals surface area contributed by atoms with Gasteiger partial charge in [0, 0.05) is 23.2 Å². The second-order valence-corrected chi connectivity index (χ2v) is 7.93. The van der Waals surface area contributed by atoms with Crippen LogP contribution in [0.25, 0.3) is 0 Å². The van der Waals surface area contributed by atoms with Crippen molar-refractivity contribution in [1.82, 2.24) is 19.7 Å². The number of ketones is 2. The lowest BCUT2D eigenvalue weighted by molar-refractivity contribution is 0.101. The topological polar surface area (TPSA) is 80.6 Å². The van der Waals surface area contributed by atoms with E-state index in [-0.39, 0.29) is 17.3 Å². The van der Waals surface area contributed by atoms with E-state index < -0.39 is 0 Å². The molecule has 0 radical (unpaired) electrons. The minimum absolute atomic E-state index is 0.0189. The van der Waals surface area contributed by atoms with E-state index in [1.807, 2.05) is 13.8 Å². The highest BCUT2D eigenvalue weighted by atomic mass is 32.2. The van der Waals surface area contributed by atoms with Crippen LogP contribution in [0, 0.1) is 13.8 Å². The first kappa shape index (κ1) is 17.9.